The summed E-state index contributed by atoms with van der Waals surface area (Å²) in [6.45, 7) is 0.154. The first-order chi connectivity index (χ1) is 6.81. The van der Waals surface area contributed by atoms with Gasteiger partial charge in [0.15, 0.2) is 0 Å². The molecule has 1 aromatic carbocycles. The lowest BCUT2D eigenvalue weighted by molar-refractivity contribution is 0.367. The number of terminal acetylenes is 1. The number of nitriles is 1. The largest absolute Gasteiger partial charge is 0.497 e. The number of benzene rings is 1. The Hall–Kier alpha value is -2.13. The summed E-state index contributed by atoms with van der Waals surface area (Å²) < 4.78 is 10.1. The Labute approximate surface area is 82.9 Å². The van der Waals surface area contributed by atoms with Gasteiger partial charge in [0.25, 0.3) is 0 Å². The number of rotatable bonds is 3. The Morgan fingerprint density at radius 1 is 1.50 bits per heavy atom. The van der Waals surface area contributed by atoms with Crippen LogP contribution in [0.2, 0.25) is 0 Å². The van der Waals surface area contributed by atoms with Gasteiger partial charge in [0, 0.05) is 6.07 Å². The van der Waals surface area contributed by atoms with Crippen molar-refractivity contribution in [2.45, 2.75) is 0 Å². The fourth-order valence-electron chi connectivity index (χ4n) is 0.969. The second-order valence-electron chi connectivity index (χ2n) is 2.47. The summed E-state index contributed by atoms with van der Waals surface area (Å²) in [6, 6.07) is 6.99. The van der Waals surface area contributed by atoms with E-state index < -0.39 is 0 Å². The van der Waals surface area contributed by atoms with E-state index in [1.165, 1.54) is 0 Å². The third kappa shape index (κ3) is 2.18. The number of methoxy groups -OCH3 is 1. The molecule has 14 heavy (non-hydrogen) atoms. The Morgan fingerprint density at radius 2 is 2.29 bits per heavy atom. The van der Waals surface area contributed by atoms with Crippen molar-refractivity contribution in [3.05, 3.63) is 23.8 Å². The smallest absolute Gasteiger partial charge is 0.148 e. The molecule has 0 radical (unpaired) electrons. The normalized spacial score (nSPS) is 8.50. The third-order valence-electron chi connectivity index (χ3n) is 1.62. The second-order valence-corrected chi connectivity index (χ2v) is 2.47. The van der Waals surface area contributed by atoms with E-state index >= 15 is 0 Å². The average Bonchev–Trinajstić information content (AvgIpc) is 2.26. The van der Waals surface area contributed by atoms with Gasteiger partial charge in [0.2, 0.25) is 0 Å². The summed E-state index contributed by atoms with van der Waals surface area (Å²) in [6.07, 6.45) is 5.04. The molecule has 0 aliphatic heterocycles. The highest BCUT2D eigenvalue weighted by Crippen LogP contribution is 2.23. The monoisotopic (exact) mass is 187 g/mol. The predicted octanol–water partition coefficient (Wildman–Crippen LogP) is 1.58. The van der Waals surface area contributed by atoms with E-state index in [9.17, 15) is 0 Å². The number of nitrogens with zero attached hydrogens (tertiary/aromatic N) is 1. The maximum atomic E-state index is 8.80. The zero-order chi connectivity index (χ0) is 10.4. The van der Waals surface area contributed by atoms with E-state index in [4.69, 9.17) is 21.2 Å². The molecule has 0 heterocycles. The average molecular weight is 187 g/mol. The molecule has 1 aromatic rings. The molecule has 3 nitrogen and oxygen atoms in total. The Balaban J connectivity index is 2.96. The van der Waals surface area contributed by atoms with Gasteiger partial charge in [0.1, 0.15) is 24.2 Å². The van der Waals surface area contributed by atoms with Crippen LogP contribution in [0.1, 0.15) is 5.56 Å². The van der Waals surface area contributed by atoms with Crippen LogP contribution in [0.3, 0.4) is 0 Å². The molecule has 0 unspecified atom stereocenters. The van der Waals surface area contributed by atoms with Crippen LogP contribution in [0, 0.1) is 23.7 Å². The van der Waals surface area contributed by atoms with Crippen molar-refractivity contribution in [2.24, 2.45) is 0 Å². The molecule has 0 bridgehead atoms. The van der Waals surface area contributed by atoms with E-state index in [0.717, 1.165) is 0 Å². The van der Waals surface area contributed by atoms with Crippen molar-refractivity contribution in [2.75, 3.05) is 13.7 Å². The minimum atomic E-state index is 0.154. The molecular formula is C11H9NO2. The van der Waals surface area contributed by atoms with Crippen LogP contribution in [-0.2, 0) is 0 Å². The molecule has 0 atom stereocenters. The highest BCUT2D eigenvalue weighted by atomic mass is 16.5. The number of ether oxygens (including phenoxy) is 2. The van der Waals surface area contributed by atoms with Crippen LogP contribution in [0.5, 0.6) is 11.5 Å². The van der Waals surface area contributed by atoms with E-state index in [1.807, 2.05) is 6.07 Å². The van der Waals surface area contributed by atoms with Gasteiger partial charge >= 0.3 is 0 Å². The van der Waals surface area contributed by atoms with Crippen LogP contribution in [0.25, 0.3) is 0 Å². The van der Waals surface area contributed by atoms with Crippen molar-refractivity contribution >= 4 is 0 Å². The first-order valence-electron chi connectivity index (χ1n) is 3.96. The van der Waals surface area contributed by atoms with E-state index in [-0.39, 0.29) is 6.61 Å². The minimum Gasteiger partial charge on any atom is -0.497 e. The first-order valence-corrected chi connectivity index (χ1v) is 3.96. The predicted molar refractivity (Wildman–Crippen MR) is 52.0 cm³/mol. The summed E-state index contributed by atoms with van der Waals surface area (Å²) in [7, 11) is 1.54. The van der Waals surface area contributed by atoms with Crippen molar-refractivity contribution in [1.82, 2.24) is 0 Å². The molecule has 70 valence electrons. The van der Waals surface area contributed by atoms with Gasteiger partial charge in [-0.05, 0) is 12.1 Å². The molecule has 0 amide bonds. The van der Waals surface area contributed by atoms with Crippen molar-refractivity contribution in [1.29, 1.82) is 5.26 Å². The SMILES string of the molecule is C#CCOc1ccc(OC)cc1C#N. The molecule has 0 saturated carbocycles. The molecule has 0 N–H and O–H groups in total. The lowest BCUT2D eigenvalue weighted by Crippen LogP contribution is -1.96. The quantitative estimate of drug-likeness (QED) is 0.674. The molecule has 0 aliphatic rings. The third-order valence-corrected chi connectivity index (χ3v) is 1.62. The molecule has 0 fully saturated rings. The molecule has 3 heteroatoms. The second kappa shape index (κ2) is 4.79. The highest BCUT2D eigenvalue weighted by Gasteiger charge is 2.03. The maximum Gasteiger partial charge on any atom is 0.148 e. The van der Waals surface area contributed by atoms with E-state index in [2.05, 4.69) is 5.92 Å². The Bertz CT molecular complexity index is 399. The summed E-state index contributed by atoms with van der Waals surface area (Å²) in [5.41, 5.74) is 0.416. The van der Waals surface area contributed by atoms with Gasteiger partial charge < -0.3 is 9.47 Å². The Morgan fingerprint density at radius 3 is 2.86 bits per heavy atom. The van der Waals surface area contributed by atoms with E-state index in [1.54, 1.807) is 25.3 Å². The molecular weight excluding hydrogens is 178 g/mol. The van der Waals surface area contributed by atoms with Gasteiger partial charge in [-0.25, -0.2) is 0 Å². The van der Waals surface area contributed by atoms with Gasteiger partial charge in [0.05, 0.1) is 12.7 Å². The summed E-state index contributed by atoms with van der Waals surface area (Å²) in [5.74, 6) is 3.43. The topological polar surface area (TPSA) is 42.2 Å². The molecule has 0 aromatic heterocycles. The van der Waals surface area contributed by atoms with E-state index in [0.29, 0.717) is 17.1 Å². The minimum absolute atomic E-state index is 0.154. The summed E-state index contributed by atoms with van der Waals surface area (Å²) >= 11 is 0. The molecule has 0 spiro atoms. The van der Waals surface area contributed by atoms with Crippen LogP contribution >= 0.6 is 0 Å². The van der Waals surface area contributed by atoms with Gasteiger partial charge in [-0.2, -0.15) is 5.26 Å². The summed E-state index contributed by atoms with van der Waals surface area (Å²) in [4.78, 5) is 0. The number of hydrogen-bond donors (Lipinski definition) is 0. The maximum absolute atomic E-state index is 8.80. The highest BCUT2D eigenvalue weighted by molar-refractivity contribution is 5.47. The zero-order valence-electron chi connectivity index (χ0n) is 7.78. The zero-order valence-corrected chi connectivity index (χ0v) is 7.78. The Kier molecular flexibility index (Phi) is 3.41. The molecule has 0 saturated heterocycles. The molecule has 1 rings (SSSR count). The van der Waals surface area contributed by atoms with Crippen LogP contribution < -0.4 is 9.47 Å². The van der Waals surface area contributed by atoms with Gasteiger partial charge in [-0.3, -0.25) is 0 Å². The van der Waals surface area contributed by atoms with Crippen molar-refractivity contribution < 1.29 is 9.47 Å². The van der Waals surface area contributed by atoms with Crippen molar-refractivity contribution in [3.8, 4) is 29.9 Å². The van der Waals surface area contributed by atoms with Crippen molar-refractivity contribution in [3.63, 3.8) is 0 Å². The molecule has 0 aliphatic carbocycles. The van der Waals surface area contributed by atoms with Gasteiger partial charge in [-0.15, -0.1) is 6.42 Å². The van der Waals surface area contributed by atoms with Crippen LogP contribution in [0.15, 0.2) is 18.2 Å². The van der Waals surface area contributed by atoms with Gasteiger partial charge in [-0.1, -0.05) is 5.92 Å². The first kappa shape index (κ1) is 9.95. The lowest BCUT2D eigenvalue weighted by atomic mass is 10.2. The fourth-order valence-corrected chi connectivity index (χ4v) is 0.969. The fraction of sp³-hybridized carbons (Fsp3) is 0.182. The van der Waals surface area contributed by atoms with Crippen LogP contribution in [0.4, 0.5) is 0 Å². The number of hydrogen-bond acceptors (Lipinski definition) is 3. The summed E-state index contributed by atoms with van der Waals surface area (Å²) in [5, 5.41) is 8.80. The standard InChI is InChI=1S/C11H9NO2/c1-3-6-14-11-5-4-10(13-2)7-9(11)8-12/h1,4-5,7H,6H2,2H3. The van der Waals surface area contributed by atoms with Crippen LogP contribution in [-0.4, -0.2) is 13.7 Å². The lowest BCUT2D eigenvalue weighted by Gasteiger charge is -2.05.